The van der Waals surface area contributed by atoms with E-state index in [9.17, 15) is 0 Å². The van der Waals surface area contributed by atoms with Crippen LogP contribution in [-0.4, -0.2) is 47.5 Å². The lowest BCUT2D eigenvalue weighted by molar-refractivity contribution is -0.0936. The predicted octanol–water partition coefficient (Wildman–Crippen LogP) is 2.05. The molecule has 0 bridgehead atoms. The Kier molecular flexibility index (Phi) is 6.32. The van der Waals surface area contributed by atoms with Crippen molar-refractivity contribution >= 4 is 6.21 Å². The van der Waals surface area contributed by atoms with E-state index in [-0.39, 0.29) is 6.29 Å². The minimum absolute atomic E-state index is 0.322. The van der Waals surface area contributed by atoms with Crippen molar-refractivity contribution in [3.63, 3.8) is 0 Å². The van der Waals surface area contributed by atoms with Crippen LogP contribution in [0.1, 0.15) is 11.1 Å². The summed E-state index contributed by atoms with van der Waals surface area (Å²) in [5, 5.41) is 0. The minimum atomic E-state index is -0.322. The number of benzene rings is 1. The van der Waals surface area contributed by atoms with Gasteiger partial charge in [-0.2, -0.15) is 0 Å². The van der Waals surface area contributed by atoms with E-state index in [2.05, 4.69) is 4.99 Å². The van der Waals surface area contributed by atoms with Crippen molar-refractivity contribution in [3.8, 4) is 11.5 Å². The second-order valence-corrected chi connectivity index (χ2v) is 3.91. The Morgan fingerprint density at radius 3 is 2.32 bits per heavy atom. The lowest BCUT2D eigenvalue weighted by Crippen LogP contribution is -2.16. The zero-order valence-corrected chi connectivity index (χ0v) is 12.1. The molecule has 0 radical (unpaired) electrons. The summed E-state index contributed by atoms with van der Waals surface area (Å²) in [5.41, 5.74) is 1.96. The normalized spacial score (nSPS) is 11.3. The molecule has 1 rings (SSSR count). The Morgan fingerprint density at radius 1 is 1.11 bits per heavy atom. The summed E-state index contributed by atoms with van der Waals surface area (Å²) < 4.78 is 20.7. The van der Waals surface area contributed by atoms with E-state index in [0.29, 0.717) is 12.3 Å². The maximum atomic E-state index is 5.34. The SMILES string of the molecule is COc1ccc(/C=N/CC(OC)OC)c(C)c1OC. The first-order valence-corrected chi connectivity index (χ1v) is 5.94. The Labute approximate surface area is 114 Å². The van der Waals surface area contributed by atoms with E-state index >= 15 is 0 Å². The fourth-order valence-corrected chi connectivity index (χ4v) is 1.72. The third-order valence-electron chi connectivity index (χ3n) is 2.85. The molecular formula is C14H21NO4. The van der Waals surface area contributed by atoms with Crippen molar-refractivity contribution in [2.45, 2.75) is 13.2 Å². The zero-order valence-electron chi connectivity index (χ0n) is 12.1. The summed E-state index contributed by atoms with van der Waals surface area (Å²) in [5.74, 6) is 1.44. The van der Waals surface area contributed by atoms with Crippen molar-refractivity contribution < 1.29 is 18.9 Å². The average molecular weight is 267 g/mol. The number of aliphatic imine (C=N–C) groups is 1. The third kappa shape index (κ3) is 3.94. The molecule has 0 saturated carbocycles. The molecular weight excluding hydrogens is 246 g/mol. The Hall–Kier alpha value is -1.59. The monoisotopic (exact) mass is 267 g/mol. The van der Waals surface area contributed by atoms with Crippen LogP contribution in [0, 0.1) is 6.92 Å². The molecule has 0 aromatic heterocycles. The van der Waals surface area contributed by atoms with Crippen molar-refractivity contribution in [2.24, 2.45) is 4.99 Å². The molecule has 0 atom stereocenters. The van der Waals surface area contributed by atoms with Gasteiger partial charge in [0.2, 0.25) is 0 Å². The minimum Gasteiger partial charge on any atom is -0.493 e. The van der Waals surface area contributed by atoms with Crippen molar-refractivity contribution in [1.29, 1.82) is 0 Å². The van der Waals surface area contributed by atoms with E-state index in [1.54, 1.807) is 34.7 Å². The number of nitrogens with zero attached hydrogens (tertiary/aromatic N) is 1. The van der Waals surface area contributed by atoms with E-state index in [1.165, 1.54) is 0 Å². The second-order valence-electron chi connectivity index (χ2n) is 3.91. The van der Waals surface area contributed by atoms with E-state index in [4.69, 9.17) is 18.9 Å². The van der Waals surface area contributed by atoms with Crippen molar-refractivity contribution in [2.75, 3.05) is 35.0 Å². The topological polar surface area (TPSA) is 49.3 Å². The highest BCUT2D eigenvalue weighted by Gasteiger charge is 2.10. The van der Waals surface area contributed by atoms with Gasteiger partial charge in [-0.1, -0.05) is 0 Å². The van der Waals surface area contributed by atoms with Gasteiger partial charge in [-0.25, -0.2) is 0 Å². The molecule has 5 nitrogen and oxygen atoms in total. The molecule has 106 valence electrons. The van der Waals surface area contributed by atoms with Gasteiger partial charge in [0, 0.05) is 26.0 Å². The lowest BCUT2D eigenvalue weighted by atomic mass is 10.1. The molecule has 1 aromatic rings. The molecule has 0 aliphatic heterocycles. The quantitative estimate of drug-likeness (QED) is 0.560. The Bertz CT molecular complexity index is 428. The van der Waals surface area contributed by atoms with Crippen LogP contribution in [-0.2, 0) is 9.47 Å². The van der Waals surface area contributed by atoms with Gasteiger partial charge in [0.25, 0.3) is 0 Å². The summed E-state index contributed by atoms with van der Waals surface area (Å²) in [6.45, 7) is 2.41. The first kappa shape index (κ1) is 15.5. The molecule has 0 fully saturated rings. The maximum absolute atomic E-state index is 5.34. The van der Waals surface area contributed by atoms with Gasteiger partial charge in [0.05, 0.1) is 20.8 Å². The summed E-state index contributed by atoms with van der Waals surface area (Å²) in [4.78, 5) is 4.30. The molecule has 5 heteroatoms. The lowest BCUT2D eigenvalue weighted by Gasteiger charge is -2.12. The number of methoxy groups -OCH3 is 4. The standard InChI is InChI=1S/C14H21NO4/c1-10-11(8-15-9-13(17-3)18-4)6-7-12(16-2)14(10)19-5/h6-8,13H,9H2,1-5H3/b15-8+. The van der Waals surface area contributed by atoms with Gasteiger partial charge >= 0.3 is 0 Å². The first-order valence-electron chi connectivity index (χ1n) is 5.94. The number of hydrogen-bond acceptors (Lipinski definition) is 5. The summed E-state index contributed by atoms with van der Waals surface area (Å²) >= 11 is 0. The van der Waals surface area contributed by atoms with Crippen LogP contribution < -0.4 is 9.47 Å². The van der Waals surface area contributed by atoms with Crippen LogP contribution in [0.5, 0.6) is 11.5 Å². The fourth-order valence-electron chi connectivity index (χ4n) is 1.72. The second kappa shape index (κ2) is 7.76. The molecule has 0 aliphatic carbocycles. The van der Waals surface area contributed by atoms with E-state index in [0.717, 1.165) is 16.9 Å². The van der Waals surface area contributed by atoms with Crippen LogP contribution in [0.4, 0.5) is 0 Å². The molecule has 19 heavy (non-hydrogen) atoms. The molecule has 1 aromatic carbocycles. The smallest absolute Gasteiger partial charge is 0.176 e. The molecule has 0 aliphatic rings. The Morgan fingerprint density at radius 2 is 1.79 bits per heavy atom. The van der Waals surface area contributed by atoms with Gasteiger partial charge in [-0.3, -0.25) is 4.99 Å². The van der Waals surface area contributed by atoms with Gasteiger partial charge in [0.1, 0.15) is 0 Å². The molecule has 0 saturated heterocycles. The largest absolute Gasteiger partial charge is 0.493 e. The molecule has 0 N–H and O–H groups in total. The predicted molar refractivity (Wildman–Crippen MR) is 74.6 cm³/mol. The first-order chi connectivity index (χ1) is 9.17. The van der Waals surface area contributed by atoms with Gasteiger partial charge in [0.15, 0.2) is 17.8 Å². The number of ether oxygens (including phenoxy) is 4. The number of rotatable bonds is 7. The highest BCUT2D eigenvalue weighted by atomic mass is 16.7. The molecule has 0 spiro atoms. The van der Waals surface area contributed by atoms with E-state index in [1.807, 2.05) is 19.1 Å². The molecule has 0 unspecified atom stereocenters. The molecule has 0 amide bonds. The van der Waals surface area contributed by atoms with Crippen molar-refractivity contribution in [3.05, 3.63) is 23.3 Å². The summed E-state index contributed by atoms with van der Waals surface area (Å²) in [7, 11) is 6.42. The van der Waals surface area contributed by atoms with Crippen molar-refractivity contribution in [1.82, 2.24) is 0 Å². The third-order valence-corrected chi connectivity index (χ3v) is 2.85. The van der Waals surface area contributed by atoms with Crippen LogP contribution in [0.2, 0.25) is 0 Å². The highest BCUT2D eigenvalue weighted by molar-refractivity contribution is 5.83. The van der Waals surface area contributed by atoms with Gasteiger partial charge in [-0.05, 0) is 24.6 Å². The van der Waals surface area contributed by atoms with Crippen LogP contribution >= 0.6 is 0 Å². The van der Waals surface area contributed by atoms with Crippen LogP contribution in [0.15, 0.2) is 17.1 Å². The summed E-state index contributed by atoms with van der Waals surface area (Å²) in [6, 6.07) is 3.80. The van der Waals surface area contributed by atoms with Crippen LogP contribution in [0.3, 0.4) is 0 Å². The molecule has 0 heterocycles. The number of hydrogen-bond donors (Lipinski definition) is 0. The van der Waals surface area contributed by atoms with Gasteiger partial charge in [-0.15, -0.1) is 0 Å². The summed E-state index contributed by atoms with van der Waals surface area (Å²) in [6.07, 6.45) is 1.46. The average Bonchev–Trinajstić information content (AvgIpc) is 2.44. The maximum Gasteiger partial charge on any atom is 0.176 e. The fraction of sp³-hybridized carbons (Fsp3) is 0.500. The van der Waals surface area contributed by atoms with Gasteiger partial charge < -0.3 is 18.9 Å². The Balaban J connectivity index is 2.87. The van der Waals surface area contributed by atoms with E-state index < -0.39 is 0 Å². The van der Waals surface area contributed by atoms with Crippen LogP contribution in [0.25, 0.3) is 0 Å². The highest BCUT2D eigenvalue weighted by Crippen LogP contribution is 2.31. The zero-order chi connectivity index (χ0) is 14.3.